The minimum atomic E-state index is -0.274. The number of hydrogen-bond donors (Lipinski definition) is 2. The molecule has 0 saturated carbocycles. The van der Waals surface area contributed by atoms with E-state index in [4.69, 9.17) is 0 Å². The molecule has 0 fully saturated rings. The van der Waals surface area contributed by atoms with Gasteiger partial charge in [0.25, 0.3) is 0 Å². The van der Waals surface area contributed by atoms with Gasteiger partial charge in [-0.05, 0) is 24.6 Å². The molecule has 0 saturated heterocycles. The van der Waals surface area contributed by atoms with Crippen molar-refractivity contribution >= 4 is 10.9 Å². The van der Waals surface area contributed by atoms with Gasteiger partial charge in [0.1, 0.15) is 0 Å². The topological polar surface area (TPSA) is 53.1 Å². The Morgan fingerprint density at radius 2 is 1.85 bits per heavy atom. The highest BCUT2D eigenvalue weighted by Gasteiger charge is 2.12. The number of aromatic nitrogens is 1. The summed E-state index contributed by atoms with van der Waals surface area (Å²) in [6, 6.07) is 15.3. The highest BCUT2D eigenvalue weighted by Crippen LogP contribution is 2.22. The molecular formula is C17H15NO2. The summed E-state index contributed by atoms with van der Waals surface area (Å²) in [5.41, 5.74) is 3.71. The van der Waals surface area contributed by atoms with E-state index in [9.17, 15) is 9.90 Å². The van der Waals surface area contributed by atoms with Crippen molar-refractivity contribution in [3.8, 4) is 11.3 Å². The van der Waals surface area contributed by atoms with Crippen LogP contribution in [0.3, 0.4) is 0 Å². The molecule has 2 aromatic carbocycles. The van der Waals surface area contributed by atoms with E-state index in [1.54, 1.807) is 0 Å². The smallest absolute Gasteiger partial charge is 0.195 e. The van der Waals surface area contributed by atoms with Crippen LogP contribution in [0.4, 0.5) is 0 Å². The second-order valence-corrected chi connectivity index (χ2v) is 4.88. The van der Waals surface area contributed by atoms with Gasteiger partial charge in [0.2, 0.25) is 0 Å². The van der Waals surface area contributed by atoms with Crippen LogP contribution in [0.2, 0.25) is 0 Å². The maximum atomic E-state index is 12.5. The van der Waals surface area contributed by atoms with E-state index in [0.717, 1.165) is 16.6 Å². The zero-order valence-electron chi connectivity index (χ0n) is 11.2. The fourth-order valence-electron chi connectivity index (χ4n) is 2.44. The third kappa shape index (κ3) is 2.02. The lowest BCUT2D eigenvalue weighted by Crippen LogP contribution is -2.13. The number of aliphatic hydroxyl groups is 1. The Bertz CT molecular complexity index is 820. The number of nitrogens with one attached hydrogen (secondary N) is 1. The van der Waals surface area contributed by atoms with Crippen LogP contribution >= 0.6 is 0 Å². The molecule has 3 rings (SSSR count). The largest absolute Gasteiger partial charge is 0.391 e. The van der Waals surface area contributed by atoms with Gasteiger partial charge in [-0.3, -0.25) is 4.79 Å². The summed E-state index contributed by atoms with van der Waals surface area (Å²) in [5.74, 6) is 0. The minimum Gasteiger partial charge on any atom is -0.391 e. The maximum Gasteiger partial charge on any atom is 0.195 e. The summed E-state index contributed by atoms with van der Waals surface area (Å²) in [6.45, 7) is 1.67. The summed E-state index contributed by atoms with van der Waals surface area (Å²) < 4.78 is 0. The second kappa shape index (κ2) is 4.94. The highest BCUT2D eigenvalue weighted by molar-refractivity contribution is 5.83. The van der Waals surface area contributed by atoms with Crippen LogP contribution in [0, 0.1) is 6.92 Å². The van der Waals surface area contributed by atoms with Crippen LogP contribution in [0.25, 0.3) is 22.2 Å². The number of pyridine rings is 1. The summed E-state index contributed by atoms with van der Waals surface area (Å²) in [5, 5.41) is 10.2. The fraction of sp³-hybridized carbons (Fsp3) is 0.118. The molecule has 0 amide bonds. The lowest BCUT2D eigenvalue weighted by atomic mass is 10.0. The normalized spacial score (nSPS) is 10.9. The third-order valence-corrected chi connectivity index (χ3v) is 3.48. The monoisotopic (exact) mass is 265 g/mol. The van der Waals surface area contributed by atoms with E-state index in [1.807, 2.05) is 55.5 Å². The van der Waals surface area contributed by atoms with Crippen molar-refractivity contribution in [2.24, 2.45) is 0 Å². The standard InChI is InChI=1S/C17H15NO2/c1-11-7-8-15-13(9-11)17(20)14(10-19)16(18-15)12-5-3-2-4-6-12/h2-9,19H,10H2,1H3,(H,18,20). The summed E-state index contributed by atoms with van der Waals surface area (Å²) in [6.07, 6.45) is 0. The summed E-state index contributed by atoms with van der Waals surface area (Å²) in [4.78, 5) is 15.8. The van der Waals surface area contributed by atoms with Crippen molar-refractivity contribution in [3.63, 3.8) is 0 Å². The lowest BCUT2D eigenvalue weighted by molar-refractivity contribution is 0.281. The Hall–Kier alpha value is -2.39. The Labute approximate surface area is 116 Å². The van der Waals surface area contributed by atoms with E-state index in [2.05, 4.69) is 4.98 Å². The average molecular weight is 265 g/mol. The predicted molar refractivity (Wildman–Crippen MR) is 80.7 cm³/mol. The van der Waals surface area contributed by atoms with E-state index in [0.29, 0.717) is 16.6 Å². The van der Waals surface area contributed by atoms with Gasteiger partial charge in [0, 0.05) is 16.5 Å². The summed E-state index contributed by atoms with van der Waals surface area (Å²) in [7, 11) is 0. The van der Waals surface area contributed by atoms with Crippen LogP contribution in [0.1, 0.15) is 11.1 Å². The molecule has 1 aromatic heterocycles. The number of hydrogen-bond acceptors (Lipinski definition) is 2. The molecule has 100 valence electrons. The van der Waals surface area contributed by atoms with Crippen molar-refractivity contribution in [1.29, 1.82) is 0 Å². The number of benzene rings is 2. The number of fused-ring (bicyclic) bond motifs is 1. The van der Waals surface area contributed by atoms with Gasteiger partial charge in [-0.2, -0.15) is 0 Å². The molecule has 0 aliphatic rings. The number of rotatable bonds is 2. The van der Waals surface area contributed by atoms with E-state index >= 15 is 0 Å². The van der Waals surface area contributed by atoms with Gasteiger partial charge in [0.15, 0.2) is 5.43 Å². The molecule has 0 aliphatic carbocycles. The Morgan fingerprint density at radius 3 is 2.55 bits per heavy atom. The molecule has 3 heteroatoms. The summed E-state index contributed by atoms with van der Waals surface area (Å²) >= 11 is 0. The molecule has 20 heavy (non-hydrogen) atoms. The van der Waals surface area contributed by atoms with Crippen molar-refractivity contribution in [1.82, 2.24) is 4.98 Å². The molecule has 1 heterocycles. The quantitative estimate of drug-likeness (QED) is 0.748. The van der Waals surface area contributed by atoms with Crippen molar-refractivity contribution in [3.05, 3.63) is 69.9 Å². The first-order valence-electron chi connectivity index (χ1n) is 6.52. The number of H-pyrrole nitrogens is 1. The average Bonchev–Trinajstić information content (AvgIpc) is 2.48. The van der Waals surface area contributed by atoms with Gasteiger partial charge in [0.05, 0.1) is 12.3 Å². The Morgan fingerprint density at radius 1 is 1.10 bits per heavy atom. The lowest BCUT2D eigenvalue weighted by Gasteiger charge is -2.10. The number of aryl methyl sites for hydroxylation is 1. The highest BCUT2D eigenvalue weighted by atomic mass is 16.3. The molecule has 0 aliphatic heterocycles. The first kappa shape index (κ1) is 12.6. The zero-order chi connectivity index (χ0) is 14.1. The Balaban J connectivity index is 2.39. The van der Waals surface area contributed by atoms with Gasteiger partial charge in [-0.15, -0.1) is 0 Å². The van der Waals surface area contributed by atoms with E-state index in [1.165, 1.54) is 0 Å². The SMILES string of the molecule is Cc1ccc2[nH]c(-c3ccccc3)c(CO)c(=O)c2c1. The molecule has 0 unspecified atom stereocenters. The van der Waals surface area contributed by atoms with Crippen LogP contribution in [-0.4, -0.2) is 10.1 Å². The van der Waals surface area contributed by atoms with Crippen molar-refractivity contribution in [2.45, 2.75) is 13.5 Å². The molecule has 0 spiro atoms. The van der Waals surface area contributed by atoms with Crippen LogP contribution in [0.5, 0.6) is 0 Å². The Kier molecular flexibility index (Phi) is 3.12. The van der Waals surface area contributed by atoms with Crippen molar-refractivity contribution < 1.29 is 5.11 Å². The van der Waals surface area contributed by atoms with Gasteiger partial charge >= 0.3 is 0 Å². The molecule has 0 bridgehead atoms. The van der Waals surface area contributed by atoms with Crippen molar-refractivity contribution in [2.75, 3.05) is 0 Å². The van der Waals surface area contributed by atoms with Crippen LogP contribution in [-0.2, 0) is 6.61 Å². The van der Waals surface area contributed by atoms with Gasteiger partial charge in [-0.25, -0.2) is 0 Å². The number of aromatic amines is 1. The molecule has 2 N–H and O–H groups in total. The fourth-order valence-corrected chi connectivity index (χ4v) is 2.44. The maximum absolute atomic E-state index is 12.5. The first-order chi connectivity index (χ1) is 9.70. The van der Waals surface area contributed by atoms with Crippen LogP contribution < -0.4 is 5.43 Å². The van der Waals surface area contributed by atoms with Gasteiger partial charge < -0.3 is 10.1 Å². The molecule has 3 nitrogen and oxygen atoms in total. The molecule has 0 radical (unpaired) electrons. The third-order valence-electron chi connectivity index (χ3n) is 3.48. The minimum absolute atomic E-state index is 0.108. The van der Waals surface area contributed by atoms with E-state index < -0.39 is 0 Å². The first-order valence-corrected chi connectivity index (χ1v) is 6.52. The van der Waals surface area contributed by atoms with Gasteiger partial charge in [-0.1, -0.05) is 42.0 Å². The zero-order valence-corrected chi connectivity index (χ0v) is 11.2. The molecule has 0 atom stereocenters. The second-order valence-electron chi connectivity index (χ2n) is 4.88. The van der Waals surface area contributed by atoms with Crippen LogP contribution in [0.15, 0.2) is 53.3 Å². The molecule has 3 aromatic rings. The molecular weight excluding hydrogens is 250 g/mol. The number of aliphatic hydroxyl groups excluding tert-OH is 1. The van der Waals surface area contributed by atoms with E-state index in [-0.39, 0.29) is 12.0 Å². The predicted octanol–water partition coefficient (Wildman–Crippen LogP) is 3.00.